The monoisotopic (exact) mass is 550 g/mol. The number of anilines is 2. The van der Waals surface area contributed by atoms with Gasteiger partial charge in [0.1, 0.15) is 5.82 Å². The normalized spacial score (nSPS) is 16.7. The number of benzene rings is 2. The molecule has 2 aromatic carbocycles. The lowest BCUT2D eigenvalue weighted by molar-refractivity contribution is 0.0664. The number of likely N-dealkylation sites (N-methyl/N-ethyl adjacent to an activating group) is 1. The molecular weight excluding hydrogens is 516 g/mol. The minimum Gasteiger partial charge on any atom is -0.367 e. The zero-order valence-electron chi connectivity index (χ0n) is 22.1. The summed E-state index contributed by atoms with van der Waals surface area (Å²) >= 11 is 8.07. The molecule has 200 valence electrons. The average Bonchev–Trinajstić information content (AvgIpc) is 2.96. The van der Waals surface area contributed by atoms with Gasteiger partial charge in [0.05, 0.1) is 10.7 Å². The van der Waals surface area contributed by atoms with E-state index in [0.717, 1.165) is 103 Å². The molecule has 5 rings (SSSR count). The van der Waals surface area contributed by atoms with Gasteiger partial charge in [-0.05, 0) is 43.3 Å². The number of nitrogens with zero attached hydrogens (tertiary/aromatic N) is 6. The number of piperazine rings is 2. The molecule has 1 aromatic heterocycles. The van der Waals surface area contributed by atoms with E-state index in [1.807, 2.05) is 35.2 Å². The summed E-state index contributed by atoms with van der Waals surface area (Å²) in [5, 5.41) is 1.59. The number of aryl methyl sites for hydroxylation is 1. The molecule has 0 radical (unpaired) electrons. The molecule has 2 saturated heterocycles. The molecule has 0 saturated carbocycles. The van der Waals surface area contributed by atoms with Crippen molar-refractivity contribution < 1.29 is 4.79 Å². The van der Waals surface area contributed by atoms with Gasteiger partial charge in [0.15, 0.2) is 5.16 Å². The number of rotatable bonds is 7. The van der Waals surface area contributed by atoms with Gasteiger partial charge in [0.25, 0.3) is 5.91 Å². The highest BCUT2D eigenvalue weighted by atomic mass is 35.5. The van der Waals surface area contributed by atoms with Gasteiger partial charge in [0, 0.05) is 75.4 Å². The molecule has 7 nitrogen and oxygen atoms in total. The van der Waals surface area contributed by atoms with Gasteiger partial charge in [-0.3, -0.25) is 4.79 Å². The van der Waals surface area contributed by atoms with Crippen LogP contribution in [0.5, 0.6) is 0 Å². The second kappa shape index (κ2) is 12.4. The van der Waals surface area contributed by atoms with E-state index in [9.17, 15) is 4.79 Å². The number of para-hydroxylation sites is 1. The van der Waals surface area contributed by atoms with E-state index in [0.29, 0.717) is 0 Å². The molecule has 2 aliphatic heterocycles. The van der Waals surface area contributed by atoms with Crippen LogP contribution >= 0.6 is 23.4 Å². The largest absolute Gasteiger partial charge is 0.367 e. The van der Waals surface area contributed by atoms with Crippen LogP contribution in [0.25, 0.3) is 0 Å². The van der Waals surface area contributed by atoms with Gasteiger partial charge in [-0.25, -0.2) is 9.97 Å². The van der Waals surface area contributed by atoms with Gasteiger partial charge in [0.2, 0.25) is 0 Å². The van der Waals surface area contributed by atoms with Crippen molar-refractivity contribution in [3.05, 3.63) is 76.4 Å². The van der Waals surface area contributed by atoms with Crippen molar-refractivity contribution >= 4 is 40.8 Å². The Morgan fingerprint density at radius 3 is 2.26 bits per heavy atom. The topological polar surface area (TPSA) is 55.8 Å². The third-order valence-corrected chi connectivity index (χ3v) is 8.50. The van der Waals surface area contributed by atoms with Crippen molar-refractivity contribution in [1.29, 1.82) is 0 Å². The molecular formula is C29H35ClN6OS. The van der Waals surface area contributed by atoms with E-state index in [4.69, 9.17) is 21.6 Å². The molecule has 0 N–H and O–H groups in total. The van der Waals surface area contributed by atoms with E-state index in [1.165, 1.54) is 0 Å². The molecule has 9 heteroatoms. The molecule has 0 spiro atoms. The number of amides is 1. The third kappa shape index (κ3) is 6.42. The number of hydrogen-bond acceptors (Lipinski definition) is 7. The lowest BCUT2D eigenvalue weighted by Gasteiger charge is -2.37. The molecule has 0 unspecified atom stereocenters. The van der Waals surface area contributed by atoms with Crippen molar-refractivity contribution in [2.75, 3.05) is 69.2 Å². The summed E-state index contributed by atoms with van der Waals surface area (Å²) in [5.41, 5.74) is 4.06. The van der Waals surface area contributed by atoms with E-state index >= 15 is 0 Å². The number of carbonyl (C=O) groups is 1. The van der Waals surface area contributed by atoms with Crippen LogP contribution in [0.4, 0.5) is 11.5 Å². The predicted octanol–water partition coefficient (Wildman–Crippen LogP) is 4.70. The lowest BCUT2D eigenvalue weighted by Crippen LogP contribution is -2.47. The first kappa shape index (κ1) is 26.8. The highest BCUT2D eigenvalue weighted by Crippen LogP contribution is 2.28. The average molecular weight is 551 g/mol. The molecule has 1 amide bonds. The van der Waals surface area contributed by atoms with E-state index in [1.54, 1.807) is 11.8 Å². The molecule has 0 bridgehead atoms. The fourth-order valence-electron chi connectivity index (χ4n) is 4.84. The minimum atomic E-state index is 0.121. The lowest BCUT2D eigenvalue weighted by atomic mass is 10.1. The Kier molecular flexibility index (Phi) is 8.72. The van der Waals surface area contributed by atoms with Crippen LogP contribution in [0.2, 0.25) is 5.02 Å². The van der Waals surface area contributed by atoms with Gasteiger partial charge < -0.3 is 19.6 Å². The second-order valence-electron chi connectivity index (χ2n) is 9.86. The summed E-state index contributed by atoms with van der Waals surface area (Å²) in [6.07, 6.45) is 0.867. The second-order valence-corrected chi connectivity index (χ2v) is 11.2. The molecule has 38 heavy (non-hydrogen) atoms. The fourth-order valence-corrected chi connectivity index (χ4v) is 5.92. The van der Waals surface area contributed by atoms with Crippen LogP contribution in [0.3, 0.4) is 0 Å². The van der Waals surface area contributed by atoms with Crippen LogP contribution < -0.4 is 9.80 Å². The quantitative estimate of drug-likeness (QED) is 0.312. The van der Waals surface area contributed by atoms with Crippen LogP contribution in [0, 0.1) is 0 Å². The van der Waals surface area contributed by atoms with Crippen molar-refractivity contribution in [3.8, 4) is 0 Å². The number of carbonyl (C=O) groups excluding carboxylic acids is 1. The fraction of sp³-hybridized carbons (Fsp3) is 0.414. The molecule has 0 aliphatic carbocycles. The van der Waals surface area contributed by atoms with E-state index in [2.05, 4.69) is 52.9 Å². The first-order valence-electron chi connectivity index (χ1n) is 13.3. The molecule has 0 atom stereocenters. The van der Waals surface area contributed by atoms with Crippen LogP contribution in [0.15, 0.2) is 59.8 Å². The first-order valence-corrected chi connectivity index (χ1v) is 14.7. The molecule has 3 heterocycles. The summed E-state index contributed by atoms with van der Waals surface area (Å²) in [5.74, 6) is 1.87. The van der Waals surface area contributed by atoms with Gasteiger partial charge in [-0.2, -0.15) is 0 Å². The Hall–Kier alpha value is -2.81. The molecule has 2 aliphatic rings. The number of hydrogen-bond donors (Lipinski definition) is 0. The Bertz CT molecular complexity index is 1240. The van der Waals surface area contributed by atoms with Crippen molar-refractivity contribution in [2.24, 2.45) is 0 Å². The van der Waals surface area contributed by atoms with Crippen LogP contribution in [-0.2, 0) is 12.2 Å². The van der Waals surface area contributed by atoms with Crippen molar-refractivity contribution in [2.45, 2.75) is 24.3 Å². The highest BCUT2D eigenvalue weighted by Gasteiger charge is 2.22. The first-order chi connectivity index (χ1) is 18.5. The van der Waals surface area contributed by atoms with Crippen molar-refractivity contribution in [1.82, 2.24) is 19.8 Å². The van der Waals surface area contributed by atoms with E-state index < -0.39 is 0 Å². The summed E-state index contributed by atoms with van der Waals surface area (Å²) in [7, 11) is 2.10. The standard InChI is InChI=1S/C29H35ClN6OS/c1-3-24-20-27(35-18-16-34(17-19-35)26-7-5-4-6-25(26)30)32-29(31-24)38-21-22-8-10-23(11-9-22)28(37)36-14-12-33(2)13-15-36/h4-11,20H,3,12-19,21H2,1-2H3. The molecule has 2 fully saturated rings. The van der Waals surface area contributed by atoms with Gasteiger partial charge >= 0.3 is 0 Å². The maximum absolute atomic E-state index is 12.8. The Balaban J connectivity index is 1.20. The van der Waals surface area contributed by atoms with Crippen molar-refractivity contribution in [3.63, 3.8) is 0 Å². The van der Waals surface area contributed by atoms with E-state index in [-0.39, 0.29) is 5.91 Å². The third-order valence-electron chi connectivity index (χ3n) is 7.26. The smallest absolute Gasteiger partial charge is 0.253 e. The Morgan fingerprint density at radius 2 is 1.58 bits per heavy atom. The minimum absolute atomic E-state index is 0.121. The zero-order valence-corrected chi connectivity index (χ0v) is 23.7. The summed E-state index contributed by atoms with van der Waals surface area (Å²) < 4.78 is 0. The van der Waals surface area contributed by atoms with Gasteiger partial charge in [-0.1, -0.05) is 54.6 Å². The zero-order chi connectivity index (χ0) is 26.5. The Morgan fingerprint density at radius 1 is 0.895 bits per heavy atom. The maximum atomic E-state index is 12.8. The maximum Gasteiger partial charge on any atom is 0.253 e. The summed E-state index contributed by atoms with van der Waals surface area (Å²) in [4.78, 5) is 31.4. The predicted molar refractivity (Wildman–Crippen MR) is 157 cm³/mol. The number of aromatic nitrogens is 2. The number of halogens is 1. The highest BCUT2D eigenvalue weighted by molar-refractivity contribution is 7.98. The summed E-state index contributed by atoms with van der Waals surface area (Å²) in [6.45, 7) is 9.13. The molecule has 3 aromatic rings. The summed E-state index contributed by atoms with van der Waals surface area (Å²) in [6, 6.07) is 18.2. The van der Waals surface area contributed by atoms with Gasteiger partial charge in [-0.15, -0.1) is 0 Å². The number of thioether (sulfide) groups is 1. The van der Waals surface area contributed by atoms with Crippen LogP contribution in [0.1, 0.15) is 28.5 Å². The van der Waals surface area contributed by atoms with Crippen LogP contribution in [-0.4, -0.2) is 85.1 Å². The SMILES string of the molecule is CCc1cc(N2CCN(c3ccccc3Cl)CC2)nc(SCc2ccc(C(=O)N3CCN(C)CC3)cc2)n1. The Labute approximate surface area is 234 Å².